The first-order valence-corrected chi connectivity index (χ1v) is 15.3. The third-order valence-corrected chi connectivity index (χ3v) is 9.19. The van der Waals surface area contributed by atoms with E-state index in [-0.39, 0.29) is 0 Å². The van der Waals surface area contributed by atoms with Gasteiger partial charge in [0.2, 0.25) is 0 Å². The molecular formula is C42H25NO2. The fraction of sp³-hybridized carbons (Fsp3) is 0. The van der Waals surface area contributed by atoms with Crippen molar-refractivity contribution in [1.29, 1.82) is 0 Å². The van der Waals surface area contributed by atoms with Crippen molar-refractivity contribution in [2.45, 2.75) is 0 Å². The Morgan fingerprint density at radius 2 is 1.00 bits per heavy atom. The third-order valence-electron chi connectivity index (χ3n) is 9.19. The molecule has 0 amide bonds. The molecule has 3 nitrogen and oxygen atoms in total. The summed E-state index contributed by atoms with van der Waals surface area (Å²) in [6.45, 7) is 0. The minimum atomic E-state index is 0.786. The van der Waals surface area contributed by atoms with Crippen molar-refractivity contribution in [3.63, 3.8) is 0 Å². The summed E-state index contributed by atoms with van der Waals surface area (Å²) in [5.74, 6) is 0. The number of fused-ring (bicyclic) bond motifs is 10. The second-order valence-electron chi connectivity index (χ2n) is 11.7. The molecule has 0 bridgehead atoms. The van der Waals surface area contributed by atoms with E-state index in [0.29, 0.717) is 0 Å². The monoisotopic (exact) mass is 575 g/mol. The predicted molar refractivity (Wildman–Crippen MR) is 186 cm³/mol. The molecule has 0 radical (unpaired) electrons. The number of benzene rings is 7. The molecule has 7 aromatic carbocycles. The predicted octanol–water partition coefficient (Wildman–Crippen LogP) is 11.9. The summed E-state index contributed by atoms with van der Waals surface area (Å²) in [7, 11) is 0. The topological polar surface area (TPSA) is 31.2 Å². The molecule has 0 saturated carbocycles. The van der Waals surface area contributed by atoms with Crippen LogP contribution in [0, 0.1) is 0 Å². The van der Waals surface area contributed by atoms with Gasteiger partial charge in [-0.1, -0.05) is 91.0 Å². The van der Waals surface area contributed by atoms with Gasteiger partial charge in [0.25, 0.3) is 0 Å². The smallest absolute Gasteiger partial charge is 0.178 e. The summed E-state index contributed by atoms with van der Waals surface area (Å²) in [5, 5.41) is 6.77. The number of aromatic nitrogens is 1. The average Bonchev–Trinajstić information content (AvgIpc) is 3.78. The molecule has 10 rings (SSSR count). The van der Waals surface area contributed by atoms with Crippen molar-refractivity contribution in [2.24, 2.45) is 0 Å². The lowest BCUT2D eigenvalue weighted by molar-refractivity contribution is 0.634. The summed E-state index contributed by atoms with van der Waals surface area (Å²) in [6.07, 6.45) is 0. The van der Waals surface area contributed by atoms with E-state index in [0.717, 1.165) is 71.8 Å². The quantitative estimate of drug-likeness (QED) is 0.210. The van der Waals surface area contributed by atoms with Crippen LogP contribution in [0.2, 0.25) is 0 Å². The van der Waals surface area contributed by atoms with E-state index < -0.39 is 0 Å². The molecule has 3 heterocycles. The zero-order valence-corrected chi connectivity index (χ0v) is 24.2. The highest BCUT2D eigenvalue weighted by Gasteiger charge is 2.20. The Balaban J connectivity index is 1.26. The number of hydrogen-bond acceptors (Lipinski definition) is 2. The fourth-order valence-electron chi connectivity index (χ4n) is 7.13. The molecule has 0 fully saturated rings. The van der Waals surface area contributed by atoms with Crippen LogP contribution >= 0.6 is 0 Å². The summed E-state index contributed by atoms with van der Waals surface area (Å²) in [6, 6.07) is 53.7. The van der Waals surface area contributed by atoms with Crippen molar-refractivity contribution in [1.82, 2.24) is 4.57 Å². The van der Waals surface area contributed by atoms with E-state index in [1.165, 1.54) is 21.8 Å². The maximum atomic E-state index is 6.75. The summed E-state index contributed by atoms with van der Waals surface area (Å²) in [5.41, 5.74) is 11.4. The van der Waals surface area contributed by atoms with Gasteiger partial charge in [0.05, 0.1) is 11.0 Å². The highest BCUT2D eigenvalue weighted by Crippen LogP contribution is 2.44. The van der Waals surface area contributed by atoms with Gasteiger partial charge in [-0.2, -0.15) is 0 Å². The molecule has 45 heavy (non-hydrogen) atoms. The number of para-hydroxylation sites is 3. The average molecular weight is 576 g/mol. The van der Waals surface area contributed by atoms with Crippen LogP contribution in [-0.2, 0) is 0 Å². The highest BCUT2D eigenvalue weighted by atomic mass is 16.4. The van der Waals surface area contributed by atoms with Crippen LogP contribution in [-0.4, -0.2) is 4.57 Å². The van der Waals surface area contributed by atoms with Crippen molar-refractivity contribution in [3.05, 3.63) is 152 Å². The first kappa shape index (κ1) is 24.4. The van der Waals surface area contributed by atoms with Gasteiger partial charge in [-0.25, -0.2) is 0 Å². The van der Waals surface area contributed by atoms with Crippen LogP contribution in [0.5, 0.6) is 0 Å². The van der Waals surface area contributed by atoms with Crippen LogP contribution in [0.1, 0.15) is 0 Å². The Morgan fingerprint density at radius 1 is 0.356 bits per heavy atom. The van der Waals surface area contributed by atoms with Gasteiger partial charge >= 0.3 is 0 Å². The standard InChI is InChI=1S/C42H25NO2/c1-3-11-26(12-4-1)34-24-28(25-36-33-21-20-32-31-16-8-10-18-39(31)44-41(32)42(33)45-40(34)36)27-19-22-38-35(23-27)30-15-7-9-17-37(30)43(38)29-13-5-2-6-14-29/h1-25H. The van der Waals surface area contributed by atoms with Crippen LogP contribution in [0.4, 0.5) is 0 Å². The van der Waals surface area contributed by atoms with E-state index in [1.807, 2.05) is 18.2 Å². The second kappa shape index (κ2) is 9.22. The molecule has 3 aromatic heterocycles. The van der Waals surface area contributed by atoms with Gasteiger partial charge in [0.1, 0.15) is 11.2 Å². The normalized spacial score (nSPS) is 12.0. The van der Waals surface area contributed by atoms with Gasteiger partial charge in [-0.05, 0) is 77.4 Å². The molecule has 0 aliphatic heterocycles. The van der Waals surface area contributed by atoms with Crippen LogP contribution in [0.3, 0.4) is 0 Å². The number of hydrogen-bond donors (Lipinski definition) is 0. The van der Waals surface area contributed by atoms with E-state index in [4.69, 9.17) is 8.83 Å². The maximum Gasteiger partial charge on any atom is 0.178 e. The lowest BCUT2D eigenvalue weighted by Crippen LogP contribution is -1.92. The Bertz CT molecular complexity index is 2740. The Hall–Kier alpha value is -6.06. The van der Waals surface area contributed by atoms with Crippen LogP contribution < -0.4 is 0 Å². The van der Waals surface area contributed by atoms with Crippen molar-refractivity contribution < 1.29 is 8.83 Å². The molecule has 0 unspecified atom stereocenters. The molecule has 10 aromatic rings. The Labute approximate surface area is 258 Å². The molecular weight excluding hydrogens is 550 g/mol. The van der Waals surface area contributed by atoms with Gasteiger partial charge in [0.15, 0.2) is 11.2 Å². The summed E-state index contributed by atoms with van der Waals surface area (Å²) >= 11 is 0. The molecule has 0 saturated heterocycles. The molecule has 0 aliphatic carbocycles. The number of nitrogens with zero attached hydrogens (tertiary/aromatic N) is 1. The molecule has 0 atom stereocenters. The lowest BCUT2D eigenvalue weighted by Gasteiger charge is -2.10. The highest BCUT2D eigenvalue weighted by molar-refractivity contribution is 6.21. The van der Waals surface area contributed by atoms with Gasteiger partial charge in [0, 0.05) is 43.6 Å². The maximum absolute atomic E-state index is 6.75. The third kappa shape index (κ3) is 3.52. The zero-order valence-electron chi connectivity index (χ0n) is 24.2. The SMILES string of the molecule is c1ccc(-c2cc(-c3ccc4c(c3)c3ccccc3n4-c3ccccc3)cc3c2oc2c3ccc3c4ccccc4oc32)cc1. The number of rotatable bonds is 3. The lowest BCUT2D eigenvalue weighted by atomic mass is 9.95. The fourth-order valence-corrected chi connectivity index (χ4v) is 7.13. The Morgan fingerprint density at radius 3 is 1.84 bits per heavy atom. The van der Waals surface area contributed by atoms with E-state index in [1.54, 1.807) is 0 Å². The van der Waals surface area contributed by atoms with Gasteiger partial charge in [-0.15, -0.1) is 0 Å². The van der Waals surface area contributed by atoms with Crippen LogP contribution in [0.15, 0.2) is 160 Å². The van der Waals surface area contributed by atoms with Gasteiger partial charge < -0.3 is 13.4 Å². The van der Waals surface area contributed by atoms with E-state index in [9.17, 15) is 0 Å². The summed E-state index contributed by atoms with van der Waals surface area (Å²) in [4.78, 5) is 0. The summed E-state index contributed by atoms with van der Waals surface area (Å²) < 4.78 is 15.5. The molecule has 0 aliphatic rings. The van der Waals surface area contributed by atoms with Gasteiger partial charge in [-0.3, -0.25) is 0 Å². The van der Waals surface area contributed by atoms with Crippen molar-refractivity contribution in [2.75, 3.05) is 0 Å². The molecule has 0 N–H and O–H groups in total. The zero-order chi connectivity index (χ0) is 29.5. The van der Waals surface area contributed by atoms with E-state index in [2.05, 4.69) is 138 Å². The molecule has 210 valence electrons. The second-order valence-corrected chi connectivity index (χ2v) is 11.7. The molecule has 0 spiro atoms. The first-order chi connectivity index (χ1) is 22.3. The minimum Gasteiger partial charge on any atom is -0.452 e. The largest absolute Gasteiger partial charge is 0.452 e. The first-order valence-electron chi connectivity index (χ1n) is 15.3. The number of furan rings is 2. The van der Waals surface area contributed by atoms with Crippen molar-refractivity contribution >= 4 is 65.7 Å². The van der Waals surface area contributed by atoms with Crippen LogP contribution in [0.25, 0.3) is 93.6 Å². The van der Waals surface area contributed by atoms with E-state index >= 15 is 0 Å². The molecule has 3 heteroatoms. The minimum absolute atomic E-state index is 0.786. The Kier molecular flexibility index (Phi) is 5.00. The van der Waals surface area contributed by atoms with Crippen molar-refractivity contribution in [3.8, 4) is 27.9 Å².